The van der Waals surface area contributed by atoms with Crippen LogP contribution in [0, 0.1) is 17.8 Å². The molecule has 1 heterocycles. The molecular formula is C15H24N4OS. The number of carbonyl (C=O) groups is 1. The Balaban J connectivity index is 1.66. The van der Waals surface area contributed by atoms with Crippen molar-refractivity contribution in [1.82, 2.24) is 10.3 Å². The van der Waals surface area contributed by atoms with Gasteiger partial charge in [-0.15, -0.1) is 0 Å². The molecule has 4 atom stereocenters. The summed E-state index contributed by atoms with van der Waals surface area (Å²) in [7, 11) is 3.80. The molecule has 2 aliphatic carbocycles. The number of anilines is 2. The first-order valence-corrected chi connectivity index (χ1v) is 8.51. The Hall–Kier alpha value is -1.30. The number of aromatic nitrogens is 1. The number of carbonyl (C=O) groups excluding carboxylic acids is 1. The highest BCUT2D eigenvalue weighted by Gasteiger charge is 2.42. The van der Waals surface area contributed by atoms with Gasteiger partial charge in [0.2, 0.25) is 0 Å². The monoisotopic (exact) mass is 308 g/mol. The minimum atomic E-state index is -0.0756. The molecule has 0 spiro atoms. The minimum absolute atomic E-state index is 0.0756. The highest BCUT2D eigenvalue weighted by atomic mass is 32.1. The highest BCUT2D eigenvalue weighted by Crippen LogP contribution is 2.49. The van der Waals surface area contributed by atoms with Crippen LogP contribution in [0.3, 0.4) is 0 Å². The van der Waals surface area contributed by atoms with E-state index in [1.54, 1.807) is 0 Å². The number of amides is 1. The number of rotatable bonds is 4. The van der Waals surface area contributed by atoms with E-state index in [1.165, 1.54) is 37.0 Å². The van der Waals surface area contributed by atoms with Gasteiger partial charge in [0.15, 0.2) is 5.13 Å². The Morgan fingerprint density at radius 1 is 1.43 bits per heavy atom. The number of fused-ring (bicyclic) bond motifs is 2. The number of hydrogen-bond acceptors (Lipinski definition) is 5. The topological polar surface area (TPSA) is 71.2 Å². The molecule has 6 heteroatoms. The van der Waals surface area contributed by atoms with Crippen molar-refractivity contribution in [3.63, 3.8) is 0 Å². The number of hydrogen-bond donors (Lipinski definition) is 2. The fourth-order valence-electron chi connectivity index (χ4n) is 3.96. The normalized spacial score (nSPS) is 28.6. The van der Waals surface area contributed by atoms with E-state index in [4.69, 9.17) is 5.73 Å². The first-order valence-electron chi connectivity index (χ1n) is 7.70. The van der Waals surface area contributed by atoms with E-state index >= 15 is 0 Å². The smallest absolute Gasteiger partial charge is 0.265 e. The lowest BCUT2D eigenvalue weighted by Crippen LogP contribution is -2.40. The molecule has 21 heavy (non-hydrogen) atoms. The first-order chi connectivity index (χ1) is 9.95. The molecule has 2 bridgehead atoms. The Bertz CT molecular complexity index is 542. The Labute approximate surface area is 129 Å². The molecule has 1 aromatic heterocycles. The lowest BCUT2D eigenvalue weighted by Gasteiger charge is -2.28. The van der Waals surface area contributed by atoms with Gasteiger partial charge >= 0.3 is 0 Å². The average molecular weight is 308 g/mol. The van der Waals surface area contributed by atoms with E-state index in [0.717, 1.165) is 17.0 Å². The van der Waals surface area contributed by atoms with Crippen molar-refractivity contribution in [1.29, 1.82) is 0 Å². The number of nitrogens with one attached hydrogen (secondary N) is 1. The molecule has 2 fully saturated rings. The summed E-state index contributed by atoms with van der Waals surface area (Å²) in [6, 6.07) is 0.220. The van der Waals surface area contributed by atoms with Crippen molar-refractivity contribution in [2.24, 2.45) is 17.8 Å². The third kappa shape index (κ3) is 2.73. The third-order valence-electron chi connectivity index (χ3n) is 5.02. The van der Waals surface area contributed by atoms with E-state index in [-0.39, 0.29) is 11.9 Å². The van der Waals surface area contributed by atoms with Crippen molar-refractivity contribution < 1.29 is 4.79 Å². The maximum Gasteiger partial charge on any atom is 0.265 e. The van der Waals surface area contributed by atoms with Gasteiger partial charge in [-0.05, 0) is 43.9 Å². The van der Waals surface area contributed by atoms with E-state index < -0.39 is 0 Å². The largest absolute Gasteiger partial charge is 0.382 e. The minimum Gasteiger partial charge on any atom is -0.382 e. The van der Waals surface area contributed by atoms with Crippen molar-refractivity contribution in [3.8, 4) is 0 Å². The van der Waals surface area contributed by atoms with Crippen LogP contribution >= 0.6 is 11.3 Å². The molecule has 1 aromatic rings. The molecule has 3 rings (SSSR count). The first kappa shape index (κ1) is 14.6. The summed E-state index contributed by atoms with van der Waals surface area (Å²) in [4.78, 5) is 19.1. The maximum atomic E-state index is 12.4. The van der Waals surface area contributed by atoms with Crippen LogP contribution in [0.15, 0.2) is 0 Å². The summed E-state index contributed by atoms with van der Waals surface area (Å²) in [5.41, 5.74) is 5.88. The predicted molar refractivity (Wildman–Crippen MR) is 86.7 cm³/mol. The van der Waals surface area contributed by atoms with Crippen LogP contribution in [-0.2, 0) is 0 Å². The number of nitrogens with zero attached hydrogens (tertiary/aromatic N) is 2. The second-order valence-corrected chi connectivity index (χ2v) is 7.68. The van der Waals surface area contributed by atoms with E-state index in [1.807, 2.05) is 19.0 Å². The summed E-state index contributed by atoms with van der Waals surface area (Å²) in [5.74, 6) is 2.60. The van der Waals surface area contributed by atoms with Crippen molar-refractivity contribution in [2.45, 2.75) is 38.6 Å². The average Bonchev–Trinajstić information content (AvgIpc) is 3.12. The van der Waals surface area contributed by atoms with Gasteiger partial charge in [0.25, 0.3) is 5.91 Å². The van der Waals surface area contributed by atoms with Gasteiger partial charge in [-0.2, -0.15) is 0 Å². The maximum absolute atomic E-state index is 12.4. The molecule has 0 aliphatic heterocycles. The van der Waals surface area contributed by atoms with Gasteiger partial charge < -0.3 is 16.0 Å². The molecule has 0 saturated heterocycles. The number of nitrogens with two attached hydrogens (primary N) is 1. The zero-order chi connectivity index (χ0) is 15.1. The number of thiazole rings is 1. The Morgan fingerprint density at radius 3 is 2.71 bits per heavy atom. The van der Waals surface area contributed by atoms with Crippen LogP contribution in [0.2, 0.25) is 0 Å². The fourth-order valence-corrected chi connectivity index (χ4v) is 4.77. The second kappa shape index (κ2) is 5.48. The van der Waals surface area contributed by atoms with Crippen molar-refractivity contribution >= 4 is 28.2 Å². The fraction of sp³-hybridized carbons (Fsp3) is 0.733. The van der Waals surface area contributed by atoms with Crippen molar-refractivity contribution in [3.05, 3.63) is 4.88 Å². The van der Waals surface area contributed by atoms with E-state index in [2.05, 4.69) is 17.2 Å². The van der Waals surface area contributed by atoms with Gasteiger partial charge in [-0.1, -0.05) is 17.8 Å². The van der Waals surface area contributed by atoms with Gasteiger partial charge in [0, 0.05) is 20.1 Å². The van der Waals surface area contributed by atoms with E-state index in [0.29, 0.717) is 16.6 Å². The summed E-state index contributed by atoms with van der Waals surface area (Å²) < 4.78 is 0. The molecule has 0 radical (unpaired) electrons. The quantitative estimate of drug-likeness (QED) is 0.895. The Morgan fingerprint density at radius 2 is 2.19 bits per heavy atom. The highest BCUT2D eigenvalue weighted by molar-refractivity contribution is 7.18. The molecule has 3 N–H and O–H groups in total. The molecule has 0 aromatic carbocycles. The molecular weight excluding hydrogens is 284 g/mol. The summed E-state index contributed by atoms with van der Waals surface area (Å²) in [6.07, 6.45) is 5.35. The van der Waals surface area contributed by atoms with Crippen LogP contribution < -0.4 is 16.0 Å². The third-order valence-corrected chi connectivity index (χ3v) is 6.26. The molecule has 2 saturated carbocycles. The summed E-state index contributed by atoms with van der Waals surface area (Å²) in [5, 5.41) is 3.92. The van der Waals surface area contributed by atoms with Crippen LogP contribution in [-0.4, -0.2) is 31.0 Å². The van der Waals surface area contributed by atoms with Gasteiger partial charge in [0.05, 0.1) is 0 Å². The van der Waals surface area contributed by atoms with Crippen LogP contribution in [0.25, 0.3) is 0 Å². The zero-order valence-corrected chi connectivity index (χ0v) is 13.7. The van der Waals surface area contributed by atoms with Gasteiger partial charge in [-0.3, -0.25) is 4.79 Å². The predicted octanol–water partition coefficient (Wildman–Crippen LogP) is 2.35. The van der Waals surface area contributed by atoms with Gasteiger partial charge in [-0.25, -0.2) is 4.98 Å². The molecule has 5 nitrogen and oxygen atoms in total. The van der Waals surface area contributed by atoms with Crippen LogP contribution in [0.1, 0.15) is 42.3 Å². The standard InChI is InChI=1S/C15H24N4OS/c1-8(11-7-9-4-5-10(11)6-9)17-14(20)12-13(16)18-15(21-12)19(2)3/h8-11H,4-7,16H2,1-3H3,(H,17,20). The van der Waals surface area contributed by atoms with Gasteiger partial charge in [0.1, 0.15) is 10.7 Å². The summed E-state index contributed by atoms with van der Waals surface area (Å²) >= 11 is 1.35. The van der Waals surface area contributed by atoms with Crippen LogP contribution in [0.5, 0.6) is 0 Å². The molecule has 4 unspecified atom stereocenters. The molecule has 116 valence electrons. The zero-order valence-electron chi connectivity index (χ0n) is 12.9. The summed E-state index contributed by atoms with van der Waals surface area (Å²) in [6.45, 7) is 2.13. The lowest BCUT2D eigenvalue weighted by atomic mass is 9.84. The SMILES string of the molecule is CC(NC(=O)c1sc(N(C)C)nc1N)C1CC2CCC1C2. The van der Waals surface area contributed by atoms with Crippen LogP contribution in [0.4, 0.5) is 10.9 Å². The Kier molecular flexibility index (Phi) is 3.82. The van der Waals surface area contributed by atoms with E-state index in [9.17, 15) is 4.79 Å². The molecule has 1 amide bonds. The molecule has 2 aliphatic rings. The van der Waals surface area contributed by atoms with Crippen molar-refractivity contribution in [2.75, 3.05) is 24.7 Å². The lowest BCUT2D eigenvalue weighted by molar-refractivity contribution is 0.0920. The second-order valence-electron chi connectivity index (χ2n) is 6.71. The number of nitrogen functional groups attached to an aromatic ring is 1.